The highest BCUT2D eigenvalue weighted by molar-refractivity contribution is 6.30. The van der Waals surface area contributed by atoms with Crippen LogP contribution in [0.25, 0.3) is 0 Å². The largest absolute Gasteiger partial charge is 0.314 e. The van der Waals surface area contributed by atoms with Crippen molar-refractivity contribution in [2.75, 3.05) is 6.54 Å². The maximum Gasteiger partial charge on any atom is 0.0406 e. The molecular weight excluding hydrogens is 256 g/mol. The molecule has 1 aliphatic heterocycles. The van der Waals surface area contributed by atoms with Gasteiger partial charge in [-0.2, -0.15) is 0 Å². The van der Waals surface area contributed by atoms with Gasteiger partial charge in [0.15, 0.2) is 0 Å². The molecule has 3 atom stereocenters. The highest BCUT2D eigenvalue weighted by atomic mass is 35.5. The lowest BCUT2D eigenvalue weighted by Gasteiger charge is -2.28. The Kier molecular flexibility index (Phi) is 5.68. The van der Waals surface area contributed by atoms with Gasteiger partial charge in [0.1, 0.15) is 0 Å². The lowest BCUT2D eigenvalue weighted by molar-refractivity contribution is 0.334. The Balaban J connectivity index is 1.80. The van der Waals surface area contributed by atoms with Crippen molar-refractivity contribution in [2.24, 2.45) is 0 Å². The van der Waals surface area contributed by atoms with E-state index in [9.17, 15) is 0 Å². The van der Waals surface area contributed by atoms with E-state index in [1.807, 2.05) is 12.1 Å². The van der Waals surface area contributed by atoms with Crippen molar-refractivity contribution in [1.29, 1.82) is 0 Å². The molecule has 1 saturated heterocycles. The molecule has 0 aromatic heterocycles. The lowest BCUT2D eigenvalue weighted by atomic mass is 9.98. The molecule has 1 aromatic carbocycles. The minimum Gasteiger partial charge on any atom is -0.314 e. The third-order valence-electron chi connectivity index (χ3n) is 3.95. The van der Waals surface area contributed by atoms with Crippen LogP contribution in [0.4, 0.5) is 0 Å². The van der Waals surface area contributed by atoms with E-state index < -0.39 is 0 Å². The Morgan fingerprint density at radius 1 is 1.26 bits per heavy atom. The topological polar surface area (TPSA) is 24.1 Å². The Labute approximate surface area is 121 Å². The SMILES string of the molecule is CC(CC1CCCCN1)N[C@H](C)c1ccc(Cl)cc1. The van der Waals surface area contributed by atoms with Crippen molar-refractivity contribution in [3.05, 3.63) is 34.9 Å². The van der Waals surface area contributed by atoms with E-state index in [0.29, 0.717) is 18.1 Å². The molecule has 1 aromatic rings. The van der Waals surface area contributed by atoms with Crippen LogP contribution < -0.4 is 10.6 Å². The first-order valence-corrected chi connectivity index (χ1v) is 7.78. The predicted octanol–water partition coefficient (Wildman–Crippen LogP) is 3.91. The average molecular weight is 281 g/mol. The van der Waals surface area contributed by atoms with Crippen molar-refractivity contribution in [3.8, 4) is 0 Å². The van der Waals surface area contributed by atoms with Gasteiger partial charge < -0.3 is 10.6 Å². The van der Waals surface area contributed by atoms with Crippen LogP contribution in [0.1, 0.15) is 51.1 Å². The van der Waals surface area contributed by atoms with Gasteiger partial charge in [0.25, 0.3) is 0 Å². The second-order valence-electron chi connectivity index (χ2n) is 5.72. The number of nitrogens with one attached hydrogen (secondary N) is 2. The minimum absolute atomic E-state index is 0.371. The summed E-state index contributed by atoms with van der Waals surface area (Å²) < 4.78 is 0. The molecule has 19 heavy (non-hydrogen) atoms. The molecule has 1 aliphatic rings. The minimum atomic E-state index is 0.371. The van der Waals surface area contributed by atoms with Gasteiger partial charge in [-0.3, -0.25) is 0 Å². The quantitative estimate of drug-likeness (QED) is 0.854. The fraction of sp³-hybridized carbons (Fsp3) is 0.625. The van der Waals surface area contributed by atoms with Gasteiger partial charge in [-0.05, 0) is 57.4 Å². The molecule has 3 heteroatoms. The fourth-order valence-corrected chi connectivity index (χ4v) is 3.02. The molecule has 2 rings (SSSR count). The average Bonchev–Trinajstić information content (AvgIpc) is 2.40. The van der Waals surface area contributed by atoms with Crippen molar-refractivity contribution in [1.82, 2.24) is 10.6 Å². The first-order chi connectivity index (χ1) is 9.15. The Morgan fingerprint density at radius 2 is 2.00 bits per heavy atom. The van der Waals surface area contributed by atoms with Crippen LogP contribution in [-0.2, 0) is 0 Å². The molecule has 2 nitrogen and oxygen atoms in total. The predicted molar refractivity (Wildman–Crippen MR) is 82.7 cm³/mol. The third-order valence-corrected chi connectivity index (χ3v) is 4.21. The zero-order chi connectivity index (χ0) is 13.7. The summed E-state index contributed by atoms with van der Waals surface area (Å²) in [6, 6.07) is 9.72. The molecule has 2 N–H and O–H groups in total. The number of benzene rings is 1. The lowest BCUT2D eigenvalue weighted by Crippen LogP contribution is -2.40. The number of rotatable bonds is 5. The Hall–Kier alpha value is -0.570. The van der Waals surface area contributed by atoms with Gasteiger partial charge in [0, 0.05) is 23.1 Å². The standard InChI is InChI=1S/C16H25ClN2/c1-12(11-16-5-3-4-10-18-16)19-13(2)14-6-8-15(17)9-7-14/h6-9,12-13,16,18-19H,3-5,10-11H2,1-2H3/t12?,13-,16?/m1/s1. The summed E-state index contributed by atoms with van der Waals surface area (Å²) >= 11 is 5.92. The molecular formula is C16H25ClN2. The van der Waals surface area contributed by atoms with Crippen molar-refractivity contribution < 1.29 is 0 Å². The van der Waals surface area contributed by atoms with E-state index >= 15 is 0 Å². The van der Waals surface area contributed by atoms with E-state index in [2.05, 4.69) is 36.6 Å². The summed E-state index contributed by atoms with van der Waals surface area (Å²) in [6.45, 7) is 5.68. The zero-order valence-corrected chi connectivity index (χ0v) is 12.7. The monoisotopic (exact) mass is 280 g/mol. The molecule has 0 radical (unpaired) electrons. The van der Waals surface area contributed by atoms with Crippen LogP contribution in [0.2, 0.25) is 5.02 Å². The van der Waals surface area contributed by atoms with E-state index in [4.69, 9.17) is 11.6 Å². The van der Waals surface area contributed by atoms with Crippen molar-refractivity contribution in [3.63, 3.8) is 0 Å². The van der Waals surface area contributed by atoms with E-state index in [0.717, 1.165) is 5.02 Å². The van der Waals surface area contributed by atoms with E-state index in [-0.39, 0.29) is 0 Å². The van der Waals surface area contributed by atoms with E-state index in [1.165, 1.54) is 37.8 Å². The van der Waals surface area contributed by atoms with Gasteiger partial charge in [0.05, 0.1) is 0 Å². The van der Waals surface area contributed by atoms with Crippen molar-refractivity contribution >= 4 is 11.6 Å². The normalized spacial score (nSPS) is 23.0. The van der Waals surface area contributed by atoms with Crippen LogP contribution in [0, 0.1) is 0 Å². The van der Waals surface area contributed by atoms with Gasteiger partial charge in [0.2, 0.25) is 0 Å². The maximum absolute atomic E-state index is 5.92. The van der Waals surface area contributed by atoms with Crippen LogP contribution in [-0.4, -0.2) is 18.6 Å². The molecule has 106 valence electrons. The second-order valence-corrected chi connectivity index (χ2v) is 6.16. The number of halogens is 1. The zero-order valence-electron chi connectivity index (χ0n) is 12.0. The first-order valence-electron chi connectivity index (χ1n) is 7.40. The summed E-state index contributed by atoms with van der Waals surface area (Å²) in [6.07, 6.45) is 5.23. The molecule has 0 bridgehead atoms. The van der Waals surface area contributed by atoms with Crippen LogP contribution in [0.5, 0.6) is 0 Å². The van der Waals surface area contributed by atoms with Crippen LogP contribution in [0.3, 0.4) is 0 Å². The molecule has 1 heterocycles. The molecule has 0 amide bonds. The van der Waals surface area contributed by atoms with Crippen molar-refractivity contribution in [2.45, 2.75) is 57.7 Å². The maximum atomic E-state index is 5.92. The molecule has 0 spiro atoms. The number of piperidine rings is 1. The second kappa shape index (κ2) is 7.28. The summed E-state index contributed by atoms with van der Waals surface area (Å²) in [4.78, 5) is 0. The Morgan fingerprint density at radius 3 is 2.63 bits per heavy atom. The number of hydrogen-bond donors (Lipinski definition) is 2. The fourth-order valence-electron chi connectivity index (χ4n) is 2.89. The molecule has 1 fully saturated rings. The highest BCUT2D eigenvalue weighted by Crippen LogP contribution is 2.18. The number of hydrogen-bond acceptors (Lipinski definition) is 2. The van der Waals surface area contributed by atoms with Gasteiger partial charge in [-0.1, -0.05) is 30.2 Å². The smallest absolute Gasteiger partial charge is 0.0406 e. The molecule has 2 unspecified atom stereocenters. The van der Waals surface area contributed by atoms with Crippen LogP contribution in [0.15, 0.2) is 24.3 Å². The van der Waals surface area contributed by atoms with Gasteiger partial charge >= 0.3 is 0 Å². The Bertz CT molecular complexity index is 371. The third kappa shape index (κ3) is 4.79. The first kappa shape index (κ1) is 14.8. The summed E-state index contributed by atoms with van der Waals surface area (Å²) in [7, 11) is 0. The van der Waals surface area contributed by atoms with Gasteiger partial charge in [-0.15, -0.1) is 0 Å². The molecule has 0 aliphatic carbocycles. The van der Waals surface area contributed by atoms with Crippen LogP contribution >= 0.6 is 11.6 Å². The highest BCUT2D eigenvalue weighted by Gasteiger charge is 2.17. The summed E-state index contributed by atoms with van der Waals surface area (Å²) in [5.41, 5.74) is 1.30. The summed E-state index contributed by atoms with van der Waals surface area (Å²) in [5, 5.41) is 8.09. The van der Waals surface area contributed by atoms with E-state index in [1.54, 1.807) is 0 Å². The van der Waals surface area contributed by atoms with Gasteiger partial charge in [-0.25, -0.2) is 0 Å². The molecule has 0 saturated carbocycles. The summed E-state index contributed by atoms with van der Waals surface area (Å²) in [5.74, 6) is 0.